The molecule has 1 aliphatic rings. The highest BCUT2D eigenvalue weighted by Gasteiger charge is 2.34. The molecule has 4 aromatic rings. The quantitative estimate of drug-likeness (QED) is 0.503. The zero-order valence-electron chi connectivity index (χ0n) is 17.6. The van der Waals surface area contributed by atoms with Crippen LogP contribution in [0, 0.1) is 17.6 Å². The molecule has 0 unspecified atom stereocenters. The van der Waals surface area contributed by atoms with Gasteiger partial charge >= 0.3 is 0 Å². The van der Waals surface area contributed by atoms with Gasteiger partial charge in [-0.25, -0.2) is 18.7 Å². The van der Waals surface area contributed by atoms with Crippen molar-refractivity contribution in [1.82, 2.24) is 15.0 Å². The van der Waals surface area contributed by atoms with E-state index in [0.717, 1.165) is 18.2 Å². The number of aromatic nitrogens is 3. The van der Waals surface area contributed by atoms with E-state index in [1.807, 2.05) is 11.0 Å². The van der Waals surface area contributed by atoms with Crippen molar-refractivity contribution in [3.8, 4) is 28.3 Å². The molecule has 0 bridgehead atoms. The van der Waals surface area contributed by atoms with Crippen molar-refractivity contribution in [3.63, 3.8) is 0 Å². The Kier molecular flexibility index (Phi) is 5.08. The van der Waals surface area contributed by atoms with Gasteiger partial charge in [0.25, 0.3) is 0 Å². The first-order chi connectivity index (χ1) is 15.9. The van der Waals surface area contributed by atoms with Crippen molar-refractivity contribution < 1.29 is 18.3 Å². The van der Waals surface area contributed by atoms with Gasteiger partial charge in [-0.3, -0.25) is 9.78 Å². The molecule has 1 amide bonds. The van der Waals surface area contributed by atoms with Crippen LogP contribution in [0.3, 0.4) is 0 Å². The molecular formula is C24H19F2N5O2. The number of rotatable bonds is 5. The minimum atomic E-state index is -0.565. The second kappa shape index (κ2) is 8.09. The number of nitrogens with zero attached hydrogens (tertiary/aromatic N) is 4. The number of nitrogens with two attached hydrogens (primary N) is 1. The van der Waals surface area contributed by atoms with E-state index >= 15 is 0 Å². The van der Waals surface area contributed by atoms with E-state index in [1.165, 1.54) is 7.11 Å². The summed E-state index contributed by atoms with van der Waals surface area (Å²) < 4.78 is 34.0. The van der Waals surface area contributed by atoms with Crippen LogP contribution in [-0.4, -0.2) is 41.1 Å². The van der Waals surface area contributed by atoms with Crippen molar-refractivity contribution in [2.24, 2.45) is 11.7 Å². The largest absolute Gasteiger partial charge is 0.494 e. The first-order valence-electron chi connectivity index (χ1n) is 10.2. The Balaban J connectivity index is 1.74. The molecule has 0 spiro atoms. The van der Waals surface area contributed by atoms with E-state index in [9.17, 15) is 13.6 Å². The second-order valence-electron chi connectivity index (χ2n) is 7.82. The van der Waals surface area contributed by atoms with Gasteiger partial charge in [-0.2, -0.15) is 0 Å². The van der Waals surface area contributed by atoms with E-state index in [1.54, 1.807) is 30.6 Å². The standard InChI is InChI=1S/C24H19F2N5O2/c1-33-20-8-14(17-9-16(25)4-5-19(17)26)7-18-21(20)29-23(13-3-2-6-28-10-13)30-24(18)31-11-15(12-31)22(27)32/h2-10,15H,11-12H2,1H3,(H2,27,32). The van der Waals surface area contributed by atoms with Crippen LogP contribution in [0.15, 0.2) is 54.9 Å². The lowest BCUT2D eigenvalue weighted by molar-refractivity contribution is -0.122. The summed E-state index contributed by atoms with van der Waals surface area (Å²) in [4.78, 5) is 27.0. The van der Waals surface area contributed by atoms with Crippen LogP contribution in [0.25, 0.3) is 33.4 Å². The number of carbonyl (C=O) groups is 1. The molecule has 2 aromatic carbocycles. The van der Waals surface area contributed by atoms with Crippen LogP contribution < -0.4 is 15.4 Å². The van der Waals surface area contributed by atoms with Crippen molar-refractivity contribution >= 4 is 22.6 Å². The lowest BCUT2D eigenvalue weighted by atomic mass is 9.97. The number of benzene rings is 2. The average Bonchev–Trinajstić information content (AvgIpc) is 2.79. The second-order valence-corrected chi connectivity index (χ2v) is 7.82. The van der Waals surface area contributed by atoms with Crippen LogP contribution in [-0.2, 0) is 4.79 Å². The molecule has 3 heterocycles. The summed E-state index contributed by atoms with van der Waals surface area (Å²) in [7, 11) is 1.48. The number of anilines is 1. The number of primary amides is 1. The fourth-order valence-corrected chi connectivity index (χ4v) is 3.91. The van der Waals surface area contributed by atoms with Gasteiger partial charge in [0.1, 0.15) is 28.7 Å². The van der Waals surface area contributed by atoms with Gasteiger partial charge in [-0.1, -0.05) is 0 Å². The molecule has 2 N–H and O–H groups in total. The minimum absolute atomic E-state index is 0.0936. The Morgan fingerprint density at radius 1 is 1.12 bits per heavy atom. The summed E-state index contributed by atoms with van der Waals surface area (Å²) in [6, 6.07) is 10.2. The third-order valence-electron chi connectivity index (χ3n) is 5.71. The normalized spacial score (nSPS) is 13.7. The zero-order chi connectivity index (χ0) is 23.1. The monoisotopic (exact) mass is 447 g/mol. The Morgan fingerprint density at radius 2 is 1.94 bits per heavy atom. The average molecular weight is 447 g/mol. The number of ether oxygens (including phenoxy) is 1. The number of halogens is 2. The van der Waals surface area contributed by atoms with Gasteiger partial charge < -0.3 is 15.4 Å². The van der Waals surface area contributed by atoms with Crippen LogP contribution >= 0.6 is 0 Å². The molecule has 0 saturated carbocycles. The number of methoxy groups -OCH3 is 1. The molecule has 0 radical (unpaired) electrons. The van der Waals surface area contributed by atoms with E-state index in [0.29, 0.717) is 52.5 Å². The Morgan fingerprint density at radius 3 is 2.64 bits per heavy atom. The minimum Gasteiger partial charge on any atom is -0.494 e. The molecule has 0 atom stereocenters. The highest BCUT2D eigenvalue weighted by Crippen LogP contribution is 2.39. The Bertz CT molecular complexity index is 1370. The number of amides is 1. The molecule has 7 nitrogen and oxygen atoms in total. The summed E-state index contributed by atoms with van der Waals surface area (Å²) in [5.41, 5.74) is 7.16. The molecule has 9 heteroatoms. The first-order valence-corrected chi connectivity index (χ1v) is 10.2. The van der Waals surface area contributed by atoms with E-state index in [4.69, 9.17) is 15.5 Å². The summed E-state index contributed by atoms with van der Waals surface area (Å²) >= 11 is 0. The van der Waals surface area contributed by atoms with Crippen molar-refractivity contribution in [2.45, 2.75) is 0 Å². The molecule has 166 valence electrons. The molecular weight excluding hydrogens is 428 g/mol. The van der Waals surface area contributed by atoms with E-state index in [2.05, 4.69) is 9.97 Å². The lowest BCUT2D eigenvalue weighted by Crippen LogP contribution is -2.53. The highest BCUT2D eigenvalue weighted by atomic mass is 19.1. The van der Waals surface area contributed by atoms with Gasteiger partial charge in [0.15, 0.2) is 5.82 Å². The summed E-state index contributed by atoms with van der Waals surface area (Å²) in [5.74, 6) is -0.429. The van der Waals surface area contributed by atoms with Crippen LogP contribution in [0.5, 0.6) is 5.75 Å². The van der Waals surface area contributed by atoms with Gasteiger partial charge in [-0.05, 0) is 48.0 Å². The molecule has 5 rings (SSSR count). The summed E-state index contributed by atoms with van der Waals surface area (Å²) in [6.07, 6.45) is 3.30. The molecule has 0 aliphatic carbocycles. The number of fused-ring (bicyclic) bond motifs is 1. The van der Waals surface area contributed by atoms with Crippen LogP contribution in [0.2, 0.25) is 0 Å². The smallest absolute Gasteiger partial charge is 0.224 e. The topological polar surface area (TPSA) is 94.2 Å². The lowest BCUT2D eigenvalue weighted by Gasteiger charge is -2.39. The van der Waals surface area contributed by atoms with Gasteiger partial charge in [0.2, 0.25) is 5.91 Å². The third-order valence-corrected chi connectivity index (χ3v) is 5.71. The van der Waals surface area contributed by atoms with Crippen molar-refractivity contribution in [2.75, 3.05) is 25.1 Å². The van der Waals surface area contributed by atoms with E-state index in [-0.39, 0.29) is 17.4 Å². The maximum absolute atomic E-state index is 14.5. The van der Waals surface area contributed by atoms with E-state index < -0.39 is 11.6 Å². The molecule has 1 saturated heterocycles. The van der Waals surface area contributed by atoms with Gasteiger partial charge in [0, 0.05) is 42.0 Å². The molecule has 1 aliphatic heterocycles. The highest BCUT2D eigenvalue weighted by molar-refractivity contribution is 5.99. The Labute approximate surface area is 187 Å². The fourth-order valence-electron chi connectivity index (χ4n) is 3.91. The molecule has 2 aromatic heterocycles. The van der Waals surface area contributed by atoms with Crippen LogP contribution in [0.1, 0.15) is 0 Å². The third kappa shape index (κ3) is 3.71. The number of carbonyl (C=O) groups excluding carboxylic acids is 1. The fraction of sp³-hybridized carbons (Fsp3) is 0.167. The maximum Gasteiger partial charge on any atom is 0.224 e. The van der Waals surface area contributed by atoms with Gasteiger partial charge in [0.05, 0.1) is 13.0 Å². The van der Waals surface area contributed by atoms with Crippen molar-refractivity contribution in [1.29, 1.82) is 0 Å². The zero-order valence-corrected chi connectivity index (χ0v) is 17.6. The predicted molar refractivity (Wildman–Crippen MR) is 120 cm³/mol. The SMILES string of the molecule is COc1cc(-c2cc(F)ccc2F)cc2c(N3CC(C(N)=O)C3)nc(-c3cccnc3)nc12. The van der Waals surface area contributed by atoms with Crippen molar-refractivity contribution in [3.05, 3.63) is 66.5 Å². The predicted octanol–water partition coefficient (Wildman–Crippen LogP) is 3.57. The summed E-state index contributed by atoms with van der Waals surface area (Å²) in [6.45, 7) is 0.795. The molecule has 1 fully saturated rings. The Hall–Kier alpha value is -4.14. The summed E-state index contributed by atoms with van der Waals surface area (Å²) in [5, 5.41) is 0.587. The molecule has 33 heavy (non-hydrogen) atoms. The maximum atomic E-state index is 14.5. The number of hydrogen-bond acceptors (Lipinski definition) is 6. The number of pyridine rings is 1. The first kappa shape index (κ1) is 20.7. The number of hydrogen-bond donors (Lipinski definition) is 1. The van der Waals surface area contributed by atoms with Crippen LogP contribution in [0.4, 0.5) is 14.6 Å². The van der Waals surface area contributed by atoms with Gasteiger partial charge in [-0.15, -0.1) is 0 Å².